The van der Waals surface area contributed by atoms with E-state index in [0.29, 0.717) is 11.4 Å². The quantitative estimate of drug-likeness (QED) is 0.805. The number of nitrogens with two attached hydrogens (primary N) is 1. The van der Waals surface area contributed by atoms with Crippen LogP contribution in [0.2, 0.25) is 0 Å². The fourth-order valence-electron chi connectivity index (χ4n) is 2.08. The standard InChI is InChI=1S/C16H18N2OS2/c1-11(9-14-3-2-8-21-14)18-15(19)10-12-4-6-13(7-5-12)16(17)20/h2-8,11H,9-10H2,1H3,(H2,17,20)(H,18,19). The lowest BCUT2D eigenvalue weighted by Gasteiger charge is -2.13. The third kappa shape index (κ3) is 4.95. The topological polar surface area (TPSA) is 55.1 Å². The third-order valence-electron chi connectivity index (χ3n) is 3.10. The summed E-state index contributed by atoms with van der Waals surface area (Å²) in [7, 11) is 0. The van der Waals surface area contributed by atoms with Crippen molar-refractivity contribution < 1.29 is 4.79 Å². The number of thiophene rings is 1. The van der Waals surface area contributed by atoms with E-state index in [1.165, 1.54) is 4.88 Å². The lowest BCUT2D eigenvalue weighted by molar-refractivity contribution is -0.121. The summed E-state index contributed by atoms with van der Waals surface area (Å²) in [5, 5.41) is 5.07. The molecule has 0 saturated carbocycles. The zero-order valence-corrected chi connectivity index (χ0v) is 13.5. The summed E-state index contributed by atoms with van der Waals surface area (Å²) < 4.78 is 0. The normalized spacial score (nSPS) is 11.9. The molecule has 0 aliphatic carbocycles. The highest BCUT2D eigenvalue weighted by Gasteiger charge is 2.09. The molecule has 1 aromatic carbocycles. The molecule has 3 nitrogen and oxygen atoms in total. The van der Waals surface area contributed by atoms with Crippen molar-refractivity contribution in [3.63, 3.8) is 0 Å². The molecule has 0 radical (unpaired) electrons. The highest BCUT2D eigenvalue weighted by Crippen LogP contribution is 2.11. The van der Waals surface area contributed by atoms with Crippen molar-refractivity contribution in [2.75, 3.05) is 0 Å². The number of amides is 1. The molecule has 1 unspecified atom stereocenters. The molecular weight excluding hydrogens is 300 g/mol. The van der Waals surface area contributed by atoms with Crippen molar-refractivity contribution in [2.45, 2.75) is 25.8 Å². The molecule has 110 valence electrons. The molecule has 0 bridgehead atoms. The lowest BCUT2D eigenvalue weighted by Crippen LogP contribution is -2.34. The number of benzene rings is 1. The van der Waals surface area contributed by atoms with Gasteiger partial charge in [-0.15, -0.1) is 11.3 Å². The van der Waals surface area contributed by atoms with Gasteiger partial charge in [-0.1, -0.05) is 42.5 Å². The van der Waals surface area contributed by atoms with Gasteiger partial charge < -0.3 is 11.1 Å². The van der Waals surface area contributed by atoms with E-state index in [9.17, 15) is 4.79 Å². The van der Waals surface area contributed by atoms with Crippen LogP contribution in [0.15, 0.2) is 41.8 Å². The number of carbonyl (C=O) groups is 1. The van der Waals surface area contributed by atoms with Gasteiger partial charge >= 0.3 is 0 Å². The molecule has 2 rings (SSSR count). The van der Waals surface area contributed by atoms with Crippen LogP contribution in [0.1, 0.15) is 22.9 Å². The summed E-state index contributed by atoms with van der Waals surface area (Å²) in [5.41, 5.74) is 7.32. The summed E-state index contributed by atoms with van der Waals surface area (Å²) >= 11 is 6.62. The fraction of sp³-hybridized carbons (Fsp3) is 0.250. The molecule has 0 aliphatic rings. The van der Waals surface area contributed by atoms with E-state index >= 15 is 0 Å². The van der Waals surface area contributed by atoms with Crippen LogP contribution < -0.4 is 11.1 Å². The first-order valence-corrected chi connectivity index (χ1v) is 8.04. The van der Waals surface area contributed by atoms with E-state index in [1.807, 2.05) is 42.6 Å². The molecule has 2 aromatic rings. The maximum absolute atomic E-state index is 12.0. The van der Waals surface area contributed by atoms with Gasteiger partial charge in [-0.25, -0.2) is 0 Å². The van der Waals surface area contributed by atoms with Gasteiger partial charge in [-0.2, -0.15) is 0 Å². The number of hydrogen-bond acceptors (Lipinski definition) is 3. The predicted molar refractivity (Wildman–Crippen MR) is 91.7 cm³/mol. The van der Waals surface area contributed by atoms with Crippen LogP contribution >= 0.6 is 23.6 Å². The third-order valence-corrected chi connectivity index (χ3v) is 4.23. The van der Waals surface area contributed by atoms with E-state index in [-0.39, 0.29) is 11.9 Å². The van der Waals surface area contributed by atoms with Crippen LogP contribution in [0.4, 0.5) is 0 Å². The Morgan fingerprint density at radius 1 is 1.33 bits per heavy atom. The van der Waals surface area contributed by atoms with Crippen molar-refractivity contribution in [2.24, 2.45) is 5.73 Å². The Bertz CT molecular complexity index is 606. The van der Waals surface area contributed by atoms with Crippen molar-refractivity contribution in [1.29, 1.82) is 0 Å². The Labute approximate surface area is 134 Å². The van der Waals surface area contributed by atoms with E-state index in [4.69, 9.17) is 18.0 Å². The van der Waals surface area contributed by atoms with Crippen molar-refractivity contribution in [3.8, 4) is 0 Å². The van der Waals surface area contributed by atoms with Crippen molar-refractivity contribution in [3.05, 3.63) is 57.8 Å². The zero-order valence-electron chi connectivity index (χ0n) is 11.8. The molecule has 0 saturated heterocycles. The molecule has 1 amide bonds. The largest absolute Gasteiger partial charge is 0.389 e. The van der Waals surface area contributed by atoms with Gasteiger partial charge in [0.2, 0.25) is 5.91 Å². The maximum atomic E-state index is 12.0. The smallest absolute Gasteiger partial charge is 0.224 e. The van der Waals surface area contributed by atoms with Gasteiger partial charge in [0.1, 0.15) is 4.99 Å². The second-order valence-electron chi connectivity index (χ2n) is 4.99. The second-order valence-corrected chi connectivity index (χ2v) is 6.46. The highest BCUT2D eigenvalue weighted by molar-refractivity contribution is 7.80. The SMILES string of the molecule is CC(Cc1cccs1)NC(=O)Cc1ccc(C(N)=S)cc1. The Morgan fingerprint density at radius 2 is 2.05 bits per heavy atom. The van der Waals surface area contributed by atoms with Crippen LogP contribution in [0.5, 0.6) is 0 Å². The van der Waals surface area contributed by atoms with Crippen LogP contribution in [-0.4, -0.2) is 16.9 Å². The first-order chi connectivity index (χ1) is 10.0. The van der Waals surface area contributed by atoms with Crippen molar-refractivity contribution >= 4 is 34.5 Å². The average molecular weight is 318 g/mol. The zero-order chi connectivity index (χ0) is 15.2. The first-order valence-electron chi connectivity index (χ1n) is 6.75. The minimum Gasteiger partial charge on any atom is -0.389 e. The highest BCUT2D eigenvalue weighted by atomic mass is 32.1. The molecule has 0 fully saturated rings. The van der Waals surface area contributed by atoms with Crippen LogP contribution in [0, 0.1) is 0 Å². The maximum Gasteiger partial charge on any atom is 0.224 e. The van der Waals surface area contributed by atoms with E-state index in [0.717, 1.165) is 17.5 Å². The van der Waals surface area contributed by atoms with Gasteiger partial charge in [0.25, 0.3) is 0 Å². The Morgan fingerprint density at radius 3 is 2.62 bits per heavy atom. The molecule has 1 atom stereocenters. The molecule has 21 heavy (non-hydrogen) atoms. The minimum atomic E-state index is 0.0298. The average Bonchev–Trinajstić information content (AvgIpc) is 2.91. The summed E-state index contributed by atoms with van der Waals surface area (Å²) in [6, 6.07) is 11.7. The van der Waals surface area contributed by atoms with Gasteiger partial charge in [0.05, 0.1) is 6.42 Å². The Balaban J connectivity index is 1.84. The summed E-state index contributed by atoms with van der Waals surface area (Å²) in [6.45, 7) is 2.02. The number of hydrogen-bond donors (Lipinski definition) is 2. The van der Waals surface area contributed by atoms with Crippen LogP contribution in [0.3, 0.4) is 0 Å². The van der Waals surface area contributed by atoms with Gasteiger partial charge in [-0.3, -0.25) is 4.79 Å². The summed E-state index contributed by atoms with van der Waals surface area (Å²) in [6.07, 6.45) is 1.23. The number of nitrogens with one attached hydrogen (secondary N) is 1. The lowest BCUT2D eigenvalue weighted by atomic mass is 10.1. The van der Waals surface area contributed by atoms with E-state index in [1.54, 1.807) is 11.3 Å². The molecule has 0 aliphatic heterocycles. The Kier molecular flexibility index (Phi) is 5.47. The molecule has 1 aromatic heterocycles. The van der Waals surface area contributed by atoms with E-state index in [2.05, 4.69) is 11.4 Å². The Hall–Kier alpha value is -1.72. The van der Waals surface area contributed by atoms with Crippen LogP contribution in [-0.2, 0) is 17.6 Å². The first kappa shape index (κ1) is 15.7. The van der Waals surface area contributed by atoms with Crippen LogP contribution in [0.25, 0.3) is 0 Å². The molecule has 3 N–H and O–H groups in total. The van der Waals surface area contributed by atoms with Gasteiger partial charge in [0.15, 0.2) is 0 Å². The van der Waals surface area contributed by atoms with Gasteiger partial charge in [0, 0.05) is 22.9 Å². The number of carbonyl (C=O) groups excluding carboxylic acids is 1. The van der Waals surface area contributed by atoms with E-state index < -0.39 is 0 Å². The minimum absolute atomic E-state index is 0.0298. The molecular formula is C16H18N2OS2. The monoisotopic (exact) mass is 318 g/mol. The molecule has 5 heteroatoms. The predicted octanol–water partition coefficient (Wildman–Crippen LogP) is 2.67. The summed E-state index contributed by atoms with van der Waals surface area (Å²) in [4.78, 5) is 13.7. The fourth-order valence-corrected chi connectivity index (χ4v) is 3.05. The molecule has 1 heterocycles. The van der Waals surface area contributed by atoms with Gasteiger partial charge in [-0.05, 0) is 23.9 Å². The number of thiocarbonyl (C=S) groups is 1. The summed E-state index contributed by atoms with van der Waals surface area (Å²) in [5.74, 6) is 0.0298. The molecule has 0 spiro atoms. The van der Waals surface area contributed by atoms with Crippen molar-refractivity contribution in [1.82, 2.24) is 5.32 Å². The second kappa shape index (κ2) is 7.33. The number of rotatable bonds is 6.